The van der Waals surface area contributed by atoms with Crippen LogP contribution in [0.15, 0.2) is 30.7 Å². The maximum atomic E-state index is 14.1. The highest BCUT2D eigenvalue weighted by atomic mass is 19.4. The van der Waals surface area contributed by atoms with Gasteiger partial charge in [0.25, 0.3) is 5.91 Å². The molecule has 1 atom stereocenters. The molecule has 1 aliphatic heterocycles. The van der Waals surface area contributed by atoms with Gasteiger partial charge in [-0.25, -0.2) is 13.8 Å². The summed E-state index contributed by atoms with van der Waals surface area (Å²) in [5.41, 5.74) is -2.73. The van der Waals surface area contributed by atoms with Gasteiger partial charge in [-0.3, -0.25) is 4.79 Å². The van der Waals surface area contributed by atoms with Crippen LogP contribution in [0.5, 0.6) is 0 Å². The molecule has 1 N–H and O–H groups in total. The third-order valence-electron chi connectivity index (χ3n) is 5.01. The van der Waals surface area contributed by atoms with E-state index in [-0.39, 0.29) is 24.7 Å². The van der Waals surface area contributed by atoms with Gasteiger partial charge in [-0.1, -0.05) is 0 Å². The summed E-state index contributed by atoms with van der Waals surface area (Å²) in [6.07, 6.45) is -1.56. The van der Waals surface area contributed by atoms with E-state index in [2.05, 4.69) is 4.98 Å². The molecule has 0 radical (unpaired) electrons. The first-order valence-corrected chi connectivity index (χ1v) is 8.58. The molecule has 0 unspecified atom stereocenters. The van der Waals surface area contributed by atoms with E-state index in [4.69, 9.17) is 0 Å². The molecule has 152 valence electrons. The number of halogens is 5. The Morgan fingerprint density at radius 1 is 1.21 bits per heavy atom. The quantitative estimate of drug-likeness (QED) is 0.801. The van der Waals surface area contributed by atoms with Crippen molar-refractivity contribution in [2.45, 2.75) is 37.5 Å². The second kappa shape index (κ2) is 7.16. The zero-order chi connectivity index (χ0) is 20.7. The Balaban J connectivity index is 1.75. The summed E-state index contributed by atoms with van der Waals surface area (Å²) in [4.78, 5) is 17.0. The number of carbonyl (C=O) groups excluding carboxylic acids is 1. The van der Waals surface area contributed by atoms with Gasteiger partial charge in [0.15, 0.2) is 0 Å². The lowest BCUT2D eigenvalue weighted by Crippen LogP contribution is -2.57. The zero-order valence-electron chi connectivity index (χ0n) is 14.9. The van der Waals surface area contributed by atoms with Gasteiger partial charge >= 0.3 is 6.18 Å². The minimum absolute atomic E-state index is 0.00676. The first-order chi connectivity index (χ1) is 13.0. The van der Waals surface area contributed by atoms with Crippen molar-refractivity contribution in [3.63, 3.8) is 0 Å². The fraction of sp³-hybridized carbons (Fsp3) is 0.444. The summed E-state index contributed by atoms with van der Waals surface area (Å²) in [5, 5.41) is 9.56. The number of hydrogen-bond donors (Lipinski definition) is 1. The van der Waals surface area contributed by atoms with Crippen LogP contribution in [-0.4, -0.2) is 50.3 Å². The predicted octanol–water partition coefficient (Wildman–Crippen LogP) is 3.17. The molecule has 1 aliphatic rings. The highest BCUT2D eigenvalue weighted by Crippen LogP contribution is 2.35. The molecule has 0 spiro atoms. The van der Waals surface area contributed by atoms with E-state index in [1.54, 1.807) is 0 Å². The Morgan fingerprint density at radius 3 is 2.43 bits per heavy atom. The number of aromatic nitrogens is 2. The van der Waals surface area contributed by atoms with Crippen LogP contribution < -0.4 is 0 Å². The molecule has 0 aliphatic carbocycles. The van der Waals surface area contributed by atoms with E-state index < -0.39 is 29.3 Å². The van der Waals surface area contributed by atoms with Crippen LogP contribution in [0.4, 0.5) is 22.0 Å². The molecule has 1 aromatic heterocycles. The Labute approximate surface area is 157 Å². The SMILES string of the molecule is C[C@@](O)(C(=O)N1CCC(c2cncn2-c2ccc(F)cc2F)CC1)C(F)(F)F. The van der Waals surface area contributed by atoms with Crippen LogP contribution in [0.2, 0.25) is 0 Å². The average molecular weight is 403 g/mol. The fourth-order valence-electron chi connectivity index (χ4n) is 3.29. The molecular weight excluding hydrogens is 385 g/mol. The Bertz CT molecular complexity index is 870. The number of alkyl halides is 3. The van der Waals surface area contributed by atoms with Crippen LogP contribution in [0, 0.1) is 11.6 Å². The largest absolute Gasteiger partial charge is 0.426 e. The lowest BCUT2D eigenvalue weighted by atomic mass is 9.92. The van der Waals surface area contributed by atoms with Gasteiger partial charge in [0, 0.05) is 37.0 Å². The first-order valence-electron chi connectivity index (χ1n) is 8.58. The minimum Gasteiger partial charge on any atom is -0.373 e. The van der Waals surface area contributed by atoms with Gasteiger partial charge in [0.05, 0.1) is 12.0 Å². The fourth-order valence-corrected chi connectivity index (χ4v) is 3.29. The third-order valence-corrected chi connectivity index (χ3v) is 5.01. The molecule has 2 aromatic rings. The van der Waals surface area contributed by atoms with Crippen LogP contribution in [0.1, 0.15) is 31.4 Å². The van der Waals surface area contributed by atoms with Gasteiger partial charge in [0.2, 0.25) is 5.60 Å². The lowest BCUT2D eigenvalue weighted by Gasteiger charge is -2.36. The van der Waals surface area contributed by atoms with E-state index in [9.17, 15) is 31.9 Å². The van der Waals surface area contributed by atoms with Crippen molar-refractivity contribution < 1.29 is 31.9 Å². The smallest absolute Gasteiger partial charge is 0.373 e. The Hall–Kier alpha value is -2.49. The molecule has 0 bridgehead atoms. The van der Waals surface area contributed by atoms with Crippen LogP contribution in [0.25, 0.3) is 5.69 Å². The number of imidazole rings is 1. The molecule has 1 fully saturated rings. The van der Waals surface area contributed by atoms with Gasteiger partial charge in [-0.2, -0.15) is 13.2 Å². The molecular formula is C18H18F5N3O2. The zero-order valence-corrected chi connectivity index (χ0v) is 14.9. The first kappa shape index (κ1) is 20.2. The van der Waals surface area contributed by atoms with Gasteiger partial charge < -0.3 is 14.6 Å². The highest BCUT2D eigenvalue weighted by Gasteiger charge is 2.57. The van der Waals surface area contributed by atoms with E-state index in [0.29, 0.717) is 25.5 Å². The number of hydrogen-bond acceptors (Lipinski definition) is 3. The second-order valence-corrected chi connectivity index (χ2v) is 6.92. The van der Waals surface area contributed by atoms with E-state index in [0.717, 1.165) is 17.0 Å². The summed E-state index contributed by atoms with van der Waals surface area (Å²) < 4.78 is 67.3. The second-order valence-electron chi connectivity index (χ2n) is 6.92. The lowest BCUT2D eigenvalue weighted by molar-refractivity contribution is -0.250. The van der Waals surface area contributed by atoms with Crippen molar-refractivity contribution in [1.29, 1.82) is 0 Å². The van der Waals surface area contributed by atoms with Crippen molar-refractivity contribution >= 4 is 5.91 Å². The molecule has 5 nitrogen and oxygen atoms in total. The van der Waals surface area contributed by atoms with Crippen LogP contribution in [0.3, 0.4) is 0 Å². The van der Waals surface area contributed by atoms with Crippen molar-refractivity contribution in [3.8, 4) is 5.69 Å². The monoisotopic (exact) mass is 403 g/mol. The number of benzene rings is 1. The summed E-state index contributed by atoms with van der Waals surface area (Å²) >= 11 is 0. The summed E-state index contributed by atoms with van der Waals surface area (Å²) in [6, 6.07) is 3.14. The normalized spacial score (nSPS) is 18.2. The molecule has 28 heavy (non-hydrogen) atoms. The molecule has 10 heteroatoms. The highest BCUT2D eigenvalue weighted by molar-refractivity contribution is 5.85. The van der Waals surface area contributed by atoms with Gasteiger partial charge in [-0.05, 0) is 31.9 Å². The average Bonchev–Trinajstić information content (AvgIpc) is 3.09. The summed E-state index contributed by atoms with van der Waals surface area (Å²) in [7, 11) is 0. The maximum Gasteiger partial charge on any atom is 0.426 e. The summed E-state index contributed by atoms with van der Waals surface area (Å²) in [6.45, 7) is 0.452. The number of rotatable bonds is 3. The number of amides is 1. The van der Waals surface area contributed by atoms with Crippen LogP contribution >= 0.6 is 0 Å². The summed E-state index contributed by atoms with van der Waals surface area (Å²) in [5.74, 6) is -3.07. The number of aliphatic hydroxyl groups is 1. The molecule has 1 aromatic carbocycles. The molecule has 2 heterocycles. The van der Waals surface area contributed by atoms with Gasteiger partial charge in [-0.15, -0.1) is 0 Å². The minimum atomic E-state index is -5.07. The number of piperidine rings is 1. The number of likely N-dealkylation sites (tertiary alicyclic amines) is 1. The molecule has 1 amide bonds. The van der Waals surface area contributed by atoms with Crippen LogP contribution in [-0.2, 0) is 4.79 Å². The van der Waals surface area contributed by atoms with Gasteiger partial charge in [0.1, 0.15) is 11.6 Å². The third kappa shape index (κ3) is 3.60. The standard InChI is InChI=1S/C18H18F5N3O2/c1-17(28,18(21,22)23)16(27)25-6-4-11(5-7-25)15-9-24-10-26(15)14-3-2-12(19)8-13(14)20/h2-3,8-11,28H,4-7H2,1H3/t17-/m1/s1. The predicted molar refractivity (Wildman–Crippen MR) is 88.7 cm³/mol. The number of nitrogens with zero attached hydrogens (tertiary/aromatic N) is 3. The Morgan fingerprint density at radius 2 is 1.86 bits per heavy atom. The topological polar surface area (TPSA) is 58.4 Å². The van der Waals surface area contributed by atoms with Crippen molar-refractivity contribution in [3.05, 3.63) is 48.1 Å². The van der Waals surface area contributed by atoms with E-state index in [1.807, 2.05) is 0 Å². The molecule has 3 rings (SSSR count). The molecule has 0 saturated carbocycles. The van der Waals surface area contributed by atoms with Crippen molar-refractivity contribution in [2.75, 3.05) is 13.1 Å². The van der Waals surface area contributed by atoms with Crippen molar-refractivity contribution in [2.24, 2.45) is 0 Å². The number of carbonyl (C=O) groups is 1. The van der Waals surface area contributed by atoms with E-state index in [1.165, 1.54) is 23.2 Å². The van der Waals surface area contributed by atoms with E-state index >= 15 is 0 Å². The van der Waals surface area contributed by atoms with Crippen molar-refractivity contribution in [1.82, 2.24) is 14.5 Å². The molecule has 1 saturated heterocycles. The Kier molecular flexibility index (Phi) is 5.18. The maximum absolute atomic E-state index is 14.1.